The molecule has 0 aromatic heterocycles. The first-order chi connectivity index (χ1) is 9.74. The highest BCUT2D eigenvalue weighted by atomic mass is 16.5. The van der Waals surface area contributed by atoms with Crippen LogP contribution in [0.3, 0.4) is 0 Å². The Morgan fingerprint density at radius 3 is 2.40 bits per heavy atom. The molecule has 4 heteroatoms. The lowest BCUT2D eigenvalue weighted by Crippen LogP contribution is -2.33. The Morgan fingerprint density at radius 1 is 1.10 bits per heavy atom. The topological polar surface area (TPSA) is 38.8 Å². The van der Waals surface area contributed by atoms with E-state index in [-0.39, 0.29) is 5.91 Å². The molecule has 4 nitrogen and oxygen atoms in total. The average Bonchev–Trinajstić information content (AvgIpc) is 2.76. The second-order valence-electron chi connectivity index (χ2n) is 5.15. The van der Waals surface area contributed by atoms with Gasteiger partial charge in [0.05, 0.1) is 20.6 Å². The Bertz CT molecular complexity index is 451. The standard InChI is InChI=1S/C16H23NO3/c1-19-14-7-8-15(20-2)13(11-14)12-16(18)17-9-5-3-4-6-10-17/h7-8,11H,3-6,9-10,12H2,1-2H3. The highest BCUT2D eigenvalue weighted by Gasteiger charge is 2.17. The highest BCUT2D eigenvalue weighted by molar-refractivity contribution is 5.79. The van der Waals surface area contributed by atoms with E-state index in [0.717, 1.165) is 43.0 Å². The molecule has 0 aliphatic carbocycles. The number of amides is 1. The third kappa shape index (κ3) is 3.65. The summed E-state index contributed by atoms with van der Waals surface area (Å²) in [5.74, 6) is 1.68. The van der Waals surface area contributed by atoms with Crippen LogP contribution in [0.1, 0.15) is 31.2 Å². The maximum Gasteiger partial charge on any atom is 0.227 e. The Hall–Kier alpha value is -1.71. The van der Waals surface area contributed by atoms with Crippen LogP contribution in [0, 0.1) is 0 Å². The van der Waals surface area contributed by atoms with Gasteiger partial charge in [0.15, 0.2) is 0 Å². The predicted octanol–water partition coefficient (Wildman–Crippen LogP) is 2.65. The number of hydrogen-bond acceptors (Lipinski definition) is 3. The van der Waals surface area contributed by atoms with Crippen LogP contribution < -0.4 is 9.47 Å². The van der Waals surface area contributed by atoms with Gasteiger partial charge in [0, 0.05) is 18.7 Å². The summed E-state index contributed by atoms with van der Waals surface area (Å²) in [6, 6.07) is 5.58. The molecule has 0 saturated carbocycles. The molecule has 1 amide bonds. The molecular formula is C16H23NO3. The lowest BCUT2D eigenvalue weighted by Gasteiger charge is -2.21. The van der Waals surface area contributed by atoms with E-state index < -0.39 is 0 Å². The second-order valence-corrected chi connectivity index (χ2v) is 5.15. The van der Waals surface area contributed by atoms with Crippen molar-refractivity contribution in [3.8, 4) is 11.5 Å². The highest BCUT2D eigenvalue weighted by Crippen LogP contribution is 2.25. The van der Waals surface area contributed by atoms with Crippen LogP contribution >= 0.6 is 0 Å². The molecule has 1 saturated heterocycles. The molecule has 1 aliphatic heterocycles. The fourth-order valence-electron chi connectivity index (χ4n) is 2.61. The van der Waals surface area contributed by atoms with Crippen LogP contribution in [0.15, 0.2) is 18.2 Å². The molecule has 0 bridgehead atoms. The normalized spacial score (nSPS) is 15.6. The maximum absolute atomic E-state index is 12.4. The number of methoxy groups -OCH3 is 2. The van der Waals surface area contributed by atoms with E-state index in [1.165, 1.54) is 12.8 Å². The van der Waals surface area contributed by atoms with Gasteiger partial charge in [-0.05, 0) is 31.0 Å². The van der Waals surface area contributed by atoms with Gasteiger partial charge in [0.2, 0.25) is 5.91 Å². The molecule has 1 aliphatic rings. The quantitative estimate of drug-likeness (QED) is 0.849. The summed E-state index contributed by atoms with van der Waals surface area (Å²) in [6.07, 6.45) is 5.06. The molecule has 0 N–H and O–H groups in total. The number of rotatable bonds is 4. The van der Waals surface area contributed by atoms with Crippen molar-refractivity contribution in [2.24, 2.45) is 0 Å². The smallest absolute Gasteiger partial charge is 0.227 e. The maximum atomic E-state index is 12.4. The van der Waals surface area contributed by atoms with Crippen molar-refractivity contribution in [3.05, 3.63) is 23.8 Å². The zero-order chi connectivity index (χ0) is 14.4. The van der Waals surface area contributed by atoms with Gasteiger partial charge in [0.1, 0.15) is 11.5 Å². The number of likely N-dealkylation sites (tertiary alicyclic amines) is 1. The van der Waals surface area contributed by atoms with Crippen molar-refractivity contribution in [2.45, 2.75) is 32.1 Å². The first kappa shape index (κ1) is 14.7. The lowest BCUT2D eigenvalue weighted by molar-refractivity contribution is -0.130. The van der Waals surface area contributed by atoms with Gasteiger partial charge < -0.3 is 14.4 Å². The van der Waals surface area contributed by atoms with E-state index in [1.54, 1.807) is 14.2 Å². The van der Waals surface area contributed by atoms with Crippen LogP contribution in [0.25, 0.3) is 0 Å². The average molecular weight is 277 g/mol. The van der Waals surface area contributed by atoms with E-state index in [2.05, 4.69) is 0 Å². The molecule has 0 unspecified atom stereocenters. The SMILES string of the molecule is COc1ccc(OC)c(CC(=O)N2CCCCCC2)c1. The first-order valence-corrected chi connectivity index (χ1v) is 7.23. The number of nitrogens with zero attached hydrogens (tertiary/aromatic N) is 1. The van der Waals surface area contributed by atoms with Crippen LogP contribution in [0.4, 0.5) is 0 Å². The molecule has 2 rings (SSSR count). The van der Waals surface area contributed by atoms with E-state index >= 15 is 0 Å². The molecule has 0 radical (unpaired) electrons. The molecular weight excluding hydrogens is 254 g/mol. The van der Waals surface area contributed by atoms with Crippen LogP contribution in [0.2, 0.25) is 0 Å². The Labute approximate surface area is 120 Å². The number of carbonyl (C=O) groups is 1. The minimum absolute atomic E-state index is 0.179. The Morgan fingerprint density at radius 2 is 1.80 bits per heavy atom. The van der Waals surface area contributed by atoms with Gasteiger partial charge in [0.25, 0.3) is 0 Å². The van der Waals surface area contributed by atoms with Gasteiger partial charge in [-0.1, -0.05) is 12.8 Å². The van der Waals surface area contributed by atoms with Crippen molar-refractivity contribution in [1.82, 2.24) is 4.90 Å². The van der Waals surface area contributed by atoms with Gasteiger partial charge in [-0.25, -0.2) is 0 Å². The molecule has 1 heterocycles. The van der Waals surface area contributed by atoms with Crippen LogP contribution in [0.5, 0.6) is 11.5 Å². The minimum Gasteiger partial charge on any atom is -0.497 e. The molecule has 0 atom stereocenters. The first-order valence-electron chi connectivity index (χ1n) is 7.23. The molecule has 1 fully saturated rings. The van der Waals surface area contributed by atoms with Crippen molar-refractivity contribution in [3.63, 3.8) is 0 Å². The van der Waals surface area contributed by atoms with Gasteiger partial charge in [-0.3, -0.25) is 4.79 Å². The van der Waals surface area contributed by atoms with E-state index in [0.29, 0.717) is 6.42 Å². The molecule has 1 aromatic carbocycles. The largest absolute Gasteiger partial charge is 0.497 e. The monoisotopic (exact) mass is 277 g/mol. The number of ether oxygens (including phenoxy) is 2. The van der Waals surface area contributed by atoms with Crippen molar-refractivity contribution < 1.29 is 14.3 Å². The van der Waals surface area contributed by atoms with E-state index in [1.807, 2.05) is 23.1 Å². The van der Waals surface area contributed by atoms with Gasteiger partial charge in [-0.15, -0.1) is 0 Å². The van der Waals surface area contributed by atoms with Crippen molar-refractivity contribution >= 4 is 5.91 Å². The number of carbonyl (C=O) groups excluding carboxylic acids is 1. The zero-order valence-electron chi connectivity index (χ0n) is 12.4. The number of hydrogen-bond donors (Lipinski definition) is 0. The summed E-state index contributed by atoms with van der Waals surface area (Å²) in [7, 11) is 3.25. The molecule has 20 heavy (non-hydrogen) atoms. The third-order valence-corrected chi connectivity index (χ3v) is 3.79. The predicted molar refractivity (Wildman–Crippen MR) is 78.3 cm³/mol. The summed E-state index contributed by atoms with van der Waals surface area (Å²) >= 11 is 0. The van der Waals surface area contributed by atoms with Crippen LogP contribution in [-0.4, -0.2) is 38.1 Å². The van der Waals surface area contributed by atoms with E-state index in [9.17, 15) is 4.79 Å². The van der Waals surface area contributed by atoms with Crippen molar-refractivity contribution in [1.29, 1.82) is 0 Å². The third-order valence-electron chi connectivity index (χ3n) is 3.79. The molecule has 1 aromatic rings. The summed E-state index contributed by atoms with van der Waals surface area (Å²) in [5, 5.41) is 0. The Kier molecular flexibility index (Phi) is 5.27. The van der Waals surface area contributed by atoms with Gasteiger partial charge in [-0.2, -0.15) is 0 Å². The fraction of sp³-hybridized carbons (Fsp3) is 0.562. The molecule has 110 valence electrons. The van der Waals surface area contributed by atoms with Gasteiger partial charge >= 0.3 is 0 Å². The summed E-state index contributed by atoms with van der Waals surface area (Å²) < 4.78 is 10.6. The second kappa shape index (κ2) is 7.17. The Balaban J connectivity index is 2.09. The summed E-state index contributed by atoms with van der Waals surface area (Å²) in [5.41, 5.74) is 0.890. The van der Waals surface area contributed by atoms with Crippen LogP contribution in [-0.2, 0) is 11.2 Å². The van der Waals surface area contributed by atoms with E-state index in [4.69, 9.17) is 9.47 Å². The lowest BCUT2D eigenvalue weighted by atomic mass is 10.1. The van der Waals surface area contributed by atoms with Crippen molar-refractivity contribution in [2.75, 3.05) is 27.3 Å². The number of benzene rings is 1. The molecule has 0 spiro atoms. The summed E-state index contributed by atoms with van der Waals surface area (Å²) in [6.45, 7) is 1.76. The fourth-order valence-corrected chi connectivity index (χ4v) is 2.61. The summed E-state index contributed by atoms with van der Waals surface area (Å²) in [4.78, 5) is 14.4. The minimum atomic E-state index is 0.179. The zero-order valence-corrected chi connectivity index (χ0v) is 12.4.